The van der Waals surface area contributed by atoms with E-state index in [4.69, 9.17) is 28.9 Å². The molecule has 0 radical (unpaired) electrons. The monoisotopic (exact) mass is 484 g/mol. The molecular weight excluding hydrogens is 477 g/mol. The van der Waals surface area contributed by atoms with Crippen molar-refractivity contribution in [2.24, 2.45) is 5.73 Å². The number of anilines is 1. The fourth-order valence-corrected chi connectivity index (χ4v) is 3.97. The summed E-state index contributed by atoms with van der Waals surface area (Å²) in [5.74, 6) is -2.60. The van der Waals surface area contributed by atoms with Crippen LogP contribution in [0.25, 0.3) is 5.69 Å². The lowest BCUT2D eigenvalue weighted by Gasteiger charge is -2.15. The number of benzene rings is 1. The zero-order valence-corrected chi connectivity index (χ0v) is 16.1. The van der Waals surface area contributed by atoms with Crippen LogP contribution in [-0.4, -0.2) is 36.7 Å². The fourth-order valence-electron chi connectivity index (χ4n) is 2.25. The molecule has 160 valence electrons. The van der Waals surface area contributed by atoms with E-state index < -0.39 is 65.1 Å². The molecule has 0 fully saturated rings. The summed E-state index contributed by atoms with van der Waals surface area (Å²) in [6.07, 6.45) is -4.86. The zero-order chi connectivity index (χ0) is 22.5. The maximum Gasteiger partial charge on any atom is 0.502 e. The number of alkyl halides is 6. The summed E-state index contributed by atoms with van der Waals surface area (Å²) in [6.45, 7) is 0. The van der Waals surface area contributed by atoms with Crippen molar-refractivity contribution < 1.29 is 39.6 Å². The molecule has 1 aromatic carbocycles. The maximum absolute atomic E-state index is 13.1. The third kappa shape index (κ3) is 3.96. The van der Waals surface area contributed by atoms with Crippen LogP contribution in [-0.2, 0) is 16.0 Å². The van der Waals surface area contributed by atoms with Gasteiger partial charge in [-0.2, -0.15) is 31.4 Å². The summed E-state index contributed by atoms with van der Waals surface area (Å²) in [5.41, 5.74) is -4.12. The van der Waals surface area contributed by atoms with Gasteiger partial charge in [0.25, 0.3) is 15.7 Å². The summed E-state index contributed by atoms with van der Waals surface area (Å²) in [4.78, 5) is 9.90. The smallest absolute Gasteiger partial charge is 0.372 e. The van der Waals surface area contributed by atoms with Crippen LogP contribution in [0.4, 0.5) is 32.2 Å². The minimum atomic E-state index is -6.15. The average Bonchev–Trinajstić information content (AvgIpc) is 2.92. The number of primary amides is 1. The number of halogens is 8. The molecule has 0 saturated heterocycles. The van der Waals surface area contributed by atoms with Crippen molar-refractivity contribution in [1.29, 1.82) is 0 Å². The van der Waals surface area contributed by atoms with Crippen molar-refractivity contribution in [3.8, 4) is 5.69 Å². The number of nitrogens with zero attached hydrogens (tertiary/aromatic N) is 2. The van der Waals surface area contributed by atoms with Gasteiger partial charge in [-0.3, -0.25) is 4.79 Å². The number of nitrogens with one attached hydrogen (secondary N) is 1. The molecule has 16 heteroatoms. The minimum absolute atomic E-state index is 0.351. The highest BCUT2D eigenvalue weighted by atomic mass is 35.5. The van der Waals surface area contributed by atoms with Gasteiger partial charge in [0, 0.05) is 7.05 Å². The first-order valence-corrected chi connectivity index (χ1v) is 9.26. The third-order valence-electron chi connectivity index (χ3n) is 3.44. The van der Waals surface area contributed by atoms with Crippen molar-refractivity contribution in [3.63, 3.8) is 0 Å². The molecule has 0 atom stereocenters. The number of carbonyl (C=O) groups is 1. The largest absolute Gasteiger partial charge is 0.502 e. The highest BCUT2D eigenvalue weighted by Crippen LogP contribution is 2.42. The molecule has 0 saturated carbocycles. The summed E-state index contributed by atoms with van der Waals surface area (Å²) in [5, 5.41) is 4.00. The summed E-state index contributed by atoms with van der Waals surface area (Å²) in [6, 6.07) is 0.789. The topological polar surface area (TPSA) is 107 Å². The first-order valence-electron chi connectivity index (χ1n) is 7.02. The average molecular weight is 485 g/mol. The molecule has 0 aliphatic heterocycles. The Hall–Kier alpha value is -2.19. The molecule has 7 nitrogen and oxygen atoms in total. The van der Waals surface area contributed by atoms with Gasteiger partial charge in [0.2, 0.25) is 0 Å². The van der Waals surface area contributed by atoms with Gasteiger partial charge >= 0.3 is 11.7 Å². The van der Waals surface area contributed by atoms with Crippen LogP contribution in [0, 0.1) is 0 Å². The normalized spacial score (nSPS) is 12.9. The standard InChI is InChI=1S/C13H8Cl2F6N4O3S/c1-23-11-9(29(27,28)13(19,20)21)7(10(22)26)24-25(11)8-5(14)2-4(3-6(8)15)12(16,17)18/h2-3,23H,1H3,(H2,22,26). The van der Waals surface area contributed by atoms with E-state index >= 15 is 0 Å². The van der Waals surface area contributed by atoms with Gasteiger partial charge in [-0.25, -0.2) is 13.1 Å². The lowest BCUT2D eigenvalue weighted by atomic mass is 10.2. The highest BCUT2D eigenvalue weighted by Gasteiger charge is 2.51. The van der Waals surface area contributed by atoms with E-state index in [-0.39, 0.29) is 0 Å². The van der Waals surface area contributed by atoms with Crippen LogP contribution >= 0.6 is 23.2 Å². The van der Waals surface area contributed by atoms with Gasteiger partial charge in [0.1, 0.15) is 11.5 Å². The van der Waals surface area contributed by atoms with Crippen molar-refractivity contribution in [3.05, 3.63) is 33.4 Å². The second-order valence-electron chi connectivity index (χ2n) is 5.29. The van der Waals surface area contributed by atoms with Crippen molar-refractivity contribution >= 4 is 44.8 Å². The molecule has 3 N–H and O–H groups in total. The number of carbonyl (C=O) groups excluding carboxylic acids is 1. The number of hydrogen-bond donors (Lipinski definition) is 2. The highest BCUT2D eigenvalue weighted by molar-refractivity contribution is 7.92. The van der Waals surface area contributed by atoms with E-state index in [1.165, 1.54) is 0 Å². The number of hydrogen-bond acceptors (Lipinski definition) is 5. The van der Waals surface area contributed by atoms with Crippen LogP contribution in [0.1, 0.15) is 16.1 Å². The SMILES string of the molecule is CNc1c(S(=O)(=O)C(F)(F)F)c(C(N)=O)nn1-c1c(Cl)cc(C(F)(F)F)cc1Cl. The molecule has 1 amide bonds. The molecule has 29 heavy (non-hydrogen) atoms. The number of rotatable bonds is 4. The Morgan fingerprint density at radius 3 is 1.97 bits per heavy atom. The predicted octanol–water partition coefficient (Wildman–Crippen LogP) is 3.63. The second kappa shape index (κ2) is 7.25. The van der Waals surface area contributed by atoms with E-state index in [2.05, 4.69) is 10.4 Å². The van der Waals surface area contributed by atoms with Crippen molar-refractivity contribution in [1.82, 2.24) is 9.78 Å². The van der Waals surface area contributed by atoms with Crippen LogP contribution in [0.3, 0.4) is 0 Å². The molecule has 0 spiro atoms. The van der Waals surface area contributed by atoms with Gasteiger partial charge in [-0.05, 0) is 12.1 Å². The summed E-state index contributed by atoms with van der Waals surface area (Å²) >= 11 is 11.6. The van der Waals surface area contributed by atoms with E-state index in [0.717, 1.165) is 7.05 Å². The number of amides is 1. The first-order chi connectivity index (χ1) is 13.0. The third-order valence-corrected chi connectivity index (χ3v) is 5.55. The van der Waals surface area contributed by atoms with E-state index in [0.29, 0.717) is 16.8 Å². The van der Waals surface area contributed by atoms with Gasteiger partial charge in [0.15, 0.2) is 10.6 Å². The Balaban J connectivity index is 2.94. The maximum atomic E-state index is 13.1. The lowest BCUT2D eigenvalue weighted by Crippen LogP contribution is -2.26. The van der Waals surface area contributed by atoms with Crippen LogP contribution in [0.15, 0.2) is 17.0 Å². The molecule has 1 heterocycles. The van der Waals surface area contributed by atoms with Crippen LogP contribution < -0.4 is 11.1 Å². The number of sulfone groups is 1. The predicted molar refractivity (Wildman–Crippen MR) is 89.9 cm³/mol. The van der Waals surface area contributed by atoms with Crippen molar-refractivity contribution in [2.75, 3.05) is 12.4 Å². The van der Waals surface area contributed by atoms with Gasteiger partial charge in [-0.1, -0.05) is 23.2 Å². The Morgan fingerprint density at radius 1 is 1.14 bits per heavy atom. The summed E-state index contributed by atoms with van der Waals surface area (Å²) in [7, 11) is -5.18. The number of nitrogens with two attached hydrogens (primary N) is 1. The Bertz CT molecular complexity index is 1070. The molecule has 0 unspecified atom stereocenters. The number of aromatic nitrogens is 2. The van der Waals surface area contributed by atoms with E-state index in [9.17, 15) is 39.6 Å². The molecule has 0 aliphatic rings. The fraction of sp³-hybridized carbons (Fsp3) is 0.231. The quantitative estimate of drug-likeness (QED) is 0.644. The van der Waals surface area contributed by atoms with Gasteiger partial charge < -0.3 is 11.1 Å². The molecule has 1 aromatic heterocycles. The first kappa shape index (κ1) is 23.1. The van der Waals surface area contributed by atoms with Crippen molar-refractivity contribution in [2.45, 2.75) is 16.6 Å². The van der Waals surface area contributed by atoms with E-state index in [1.54, 1.807) is 0 Å². The van der Waals surface area contributed by atoms with Crippen LogP contribution in [0.2, 0.25) is 10.0 Å². The minimum Gasteiger partial charge on any atom is -0.372 e. The zero-order valence-electron chi connectivity index (χ0n) is 13.8. The molecule has 0 aliphatic carbocycles. The molecule has 2 rings (SSSR count). The molecule has 2 aromatic rings. The molecular formula is C13H8Cl2F6N4O3S. The Kier molecular flexibility index (Phi) is 5.77. The van der Waals surface area contributed by atoms with E-state index in [1.807, 2.05) is 0 Å². The Morgan fingerprint density at radius 2 is 1.62 bits per heavy atom. The summed E-state index contributed by atoms with van der Waals surface area (Å²) < 4.78 is 102. The molecule has 0 bridgehead atoms. The second-order valence-corrected chi connectivity index (χ2v) is 7.98. The van der Waals surface area contributed by atoms with Crippen LogP contribution in [0.5, 0.6) is 0 Å². The van der Waals surface area contributed by atoms with Gasteiger partial charge in [-0.15, -0.1) is 0 Å². The van der Waals surface area contributed by atoms with Gasteiger partial charge in [0.05, 0.1) is 15.6 Å². The Labute approximate surface area is 168 Å². The lowest BCUT2D eigenvalue weighted by molar-refractivity contribution is -0.137.